The smallest absolute Gasteiger partial charge is 0.231 e. The minimum atomic E-state index is -0.451. The van der Waals surface area contributed by atoms with Crippen LogP contribution in [0, 0.1) is 0 Å². The van der Waals surface area contributed by atoms with Crippen LogP contribution in [0.15, 0.2) is 48.5 Å². The number of nitrogens with one attached hydrogen (secondary N) is 1. The summed E-state index contributed by atoms with van der Waals surface area (Å²) in [7, 11) is 1.64. The molecule has 0 heterocycles. The molecule has 1 fully saturated rings. The van der Waals surface area contributed by atoms with Crippen LogP contribution in [0.2, 0.25) is 5.02 Å². The summed E-state index contributed by atoms with van der Waals surface area (Å²) in [5.41, 5.74) is 1.44. The summed E-state index contributed by atoms with van der Waals surface area (Å²) in [6, 6.07) is 15.3. The first kappa shape index (κ1) is 14.9. The van der Waals surface area contributed by atoms with Crippen molar-refractivity contribution in [3.63, 3.8) is 0 Å². The van der Waals surface area contributed by atoms with Gasteiger partial charge in [-0.2, -0.15) is 0 Å². The maximum Gasteiger partial charge on any atom is 0.231 e. The first-order valence-corrected chi connectivity index (χ1v) is 7.70. The van der Waals surface area contributed by atoms with Crippen LogP contribution in [-0.4, -0.2) is 13.0 Å². The highest BCUT2D eigenvalue weighted by Crippen LogP contribution is 2.51. The zero-order valence-electron chi connectivity index (χ0n) is 12.4. The van der Waals surface area contributed by atoms with E-state index < -0.39 is 5.41 Å². The molecule has 0 aliphatic heterocycles. The highest BCUT2D eigenvalue weighted by molar-refractivity contribution is 6.31. The van der Waals surface area contributed by atoms with Crippen LogP contribution in [-0.2, 0) is 16.8 Å². The Hall–Kier alpha value is -2.00. The molecule has 4 heteroatoms. The number of methoxy groups -OCH3 is 1. The molecular weight excluding hydrogens is 298 g/mol. The number of benzene rings is 2. The standard InChI is InChI=1S/C18H18ClNO2/c1-22-16-9-5-3-7-14(16)18(10-11-18)17(21)20-12-13-6-2-4-8-15(13)19/h2-9H,10-12H2,1H3,(H,20,21). The summed E-state index contributed by atoms with van der Waals surface area (Å²) in [5, 5.41) is 3.68. The van der Waals surface area contributed by atoms with Crippen LogP contribution in [0.1, 0.15) is 24.0 Å². The molecule has 1 aliphatic rings. The number of halogens is 1. The summed E-state index contributed by atoms with van der Waals surface area (Å²) in [5.74, 6) is 0.810. The van der Waals surface area contributed by atoms with Gasteiger partial charge in [-0.05, 0) is 30.5 Å². The van der Waals surface area contributed by atoms with E-state index in [0.29, 0.717) is 11.6 Å². The third-order valence-electron chi connectivity index (χ3n) is 4.20. The normalized spacial score (nSPS) is 15.2. The Morgan fingerprint density at radius 2 is 1.86 bits per heavy atom. The largest absolute Gasteiger partial charge is 0.496 e. The summed E-state index contributed by atoms with van der Waals surface area (Å²) >= 11 is 6.13. The summed E-state index contributed by atoms with van der Waals surface area (Å²) in [6.45, 7) is 0.440. The molecule has 0 spiro atoms. The molecule has 22 heavy (non-hydrogen) atoms. The molecule has 3 rings (SSSR count). The third-order valence-corrected chi connectivity index (χ3v) is 4.57. The lowest BCUT2D eigenvalue weighted by molar-refractivity contribution is -0.123. The molecule has 2 aromatic carbocycles. The Morgan fingerprint density at radius 3 is 2.55 bits per heavy atom. The monoisotopic (exact) mass is 315 g/mol. The van der Waals surface area contributed by atoms with Crippen LogP contribution in [0.25, 0.3) is 0 Å². The quantitative estimate of drug-likeness (QED) is 0.913. The first-order chi connectivity index (χ1) is 10.7. The number of amides is 1. The Morgan fingerprint density at radius 1 is 1.18 bits per heavy atom. The van der Waals surface area contributed by atoms with Crippen molar-refractivity contribution in [1.82, 2.24) is 5.32 Å². The molecule has 0 radical (unpaired) electrons. The Bertz CT molecular complexity index is 695. The van der Waals surface area contributed by atoms with Gasteiger partial charge in [-0.1, -0.05) is 48.0 Å². The van der Waals surface area contributed by atoms with Crippen molar-refractivity contribution in [3.8, 4) is 5.75 Å². The Labute approximate surface area is 135 Å². The van der Waals surface area contributed by atoms with Gasteiger partial charge in [-0.15, -0.1) is 0 Å². The molecular formula is C18H18ClNO2. The van der Waals surface area contributed by atoms with Crippen molar-refractivity contribution in [2.45, 2.75) is 24.8 Å². The lowest BCUT2D eigenvalue weighted by Gasteiger charge is -2.18. The summed E-state index contributed by atoms with van der Waals surface area (Å²) in [6.07, 6.45) is 1.70. The fourth-order valence-corrected chi connectivity index (χ4v) is 2.97. The van der Waals surface area contributed by atoms with Gasteiger partial charge >= 0.3 is 0 Å². The van der Waals surface area contributed by atoms with Crippen molar-refractivity contribution in [2.24, 2.45) is 0 Å². The number of hydrogen-bond acceptors (Lipinski definition) is 2. The molecule has 0 unspecified atom stereocenters. The van der Waals surface area contributed by atoms with Crippen LogP contribution >= 0.6 is 11.6 Å². The third kappa shape index (κ3) is 2.69. The zero-order valence-corrected chi connectivity index (χ0v) is 13.2. The molecule has 2 aromatic rings. The average Bonchev–Trinajstić information content (AvgIpc) is 3.35. The van der Waals surface area contributed by atoms with Crippen molar-refractivity contribution in [3.05, 3.63) is 64.7 Å². The van der Waals surface area contributed by atoms with E-state index >= 15 is 0 Å². The predicted molar refractivity (Wildman–Crippen MR) is 87.2 cm³/mol. The maximum absolute atomic E-state index is 12.7. The van der Waals surface area contributed by atoms with Gasteiger partial charge in [0.15, 0.2) is 0 Å². The van der Waals surface area contributed by atoms with Crippen LogP contribution in [0.4, 0.5) is 0 Å². The lowest BCUT2D eigenvalue weighted by atomic mass is 9.94. The van der Waals surface area contributed by atoms with Crippen molar-refractivity contribution in [2.75, 3.05) is 7.11 Å². The van der Waals surface area contributed by atoms with Gasteiger partial charge in [0.25, 0.3) is 0 Å². The predicted octanol–water partition coefficient (Wildman–Crippen LogP) is 3.70. The van der Waals surface area contributed by atoms with Crippen LogP contribution in [0.5, 0.6) is 5.75 Å². The van der Waals surface area contributed by atoms with Gasteiger partial charge in [0.2, 0.25) is 5.91 Å². The van der Waals surface area contributed by atoms with Gasteiger partial charge in [-0.3, -0.25) is 4.79 Å². The topological polar surface area (TPSA) is 38.3 Å². The Balaban J connectivity index is 1.76. The van der Waals surface area contributed by atoms with E-state index in [2.05, 4.69) is 5.32 Å². The minimum absolute atomic E-state index is 0.0388. The highest BCUT2D eigenvalue weighted by atomic mass is 35.5. The van der Waals surface area contributed by atoms with Crippen molar-refractivity contribution < 1.29 is 9.53 Å². The van der Waals surface area contributed by atoms with Crippen molar-refractivity contribution >= 4 is 17.5 Å². The number of rotatable bonds is 5. The second-order valence-corrected chi connectivity index (χ2v) is 5.96. The Kier molecular flexibility index (Phi) is 4.08. The van der Waals surface area contributed by atoms with E-state index in [1.165, 1.54) is 0 Å². The van der Waals surface area contributed by atoms with E-state index in [4.69, 9.17) is 16.3 Å². The molecule has 0 saturated heterocycles. The SMILES string of the molecule is COc1ccccc1C1(C(=O)NCc2ccccc2Cl)CC1. The lowest BCUT2D eigenvalue weighted by Crippen LogP contribution is -2.34. The first-order valence-electron chi connectivity index (χ1n) is 7.32. The number of hydrogen-bond donors (Lipinski definition) is 1. The van der Waals surface area contributed by atoms with Gasteiger partial charge in [0.05, 0.1) is 12.5 Å². The molecule has 0 bridgehead atoms. The molecule has 1 saturated carbocycles. The van der Waals surface area contributed by atoms with Crippen LogP contribution < -0.4 is 10.1 Å². The van der Waals surface area contributed by atoms with E-state index in [1.54, 1.807) is 7.11 Å². The zero-order chi connectivity index (χ0) is 15.6. The van der Waals surface area contributed by atoms with E-state index in [1.807, 2.05) is 48.5 Å². The van der Waals surface area contributed by atoms with E-state index in [0.717, 1.165) is 29.7 Å². The minimum Gasteiger partial charge on any atom is -0.496 e. The number of carbonyl (C=O) groups is 1. The molecule has 1 amide bonds. The highest BCUT2D eigenvalue weighted by Gasteiger charge is 2.52. The molecule has 1 N–H and O–H groups in total. The fraction of sp³-hybridized carbons (Fsp3) is 0.278. The summed E-state index contributed by atoms with van der Waals surface area (Å²) < 4.78 is 5.40. The van der Waals surface area contributed by atoms with Gasteiger partial charge in [0.1, 0.15) is 5.75 Å². The average molecular weight is 316 g/mol. The van der Waals surface area contributed by atoms with E-state index in [9.17, 15) is 4.79 Å². The van der Waals surface area contributed by atoms with Gasteiger partial charge in [0, 0.05) is 17.1 Å². The summed E-state index contributed by atoms with van der Waals surface area (Å²) in [4.78, 5) is 12.7. The molecule has 3 nitrogen and oxygen atoms in total. The number of ether oxygens (including phenoxy) is 1. The molecule has 1 aliphatic carbocycles. The molecule has 0 atom stereocenters. The van der Waals surface area contributed by atoms with Crippen molar-refractivity contribution in [1.29, 1.82) is 0 Å². The molecule has 0 aromatic heterocycles. The fourth-order valence-electron chi connectivity index (χ4n) is 2.77. The maximum atomic E-state index is 12.7. The van der Waals surface area contributed by atoms with Gasteiger partial charge in [-0.25, -0.2) is 0 Å². The van der Waals surface area contributed by atoms with Crippen LogP contribution in [0.3, 0.4) is 0 Å². The second kappa shape index (κ2) is 6.01. The second-order valence-electron chi connectivity index (χ2n) is 5.56. The molecule has 114 valence electrons. The number of carbonyl (C=O) groups excluding carboxylic acids is 1. The van der Waals surface area contributed by atoms with Gasteiger partial charge < -0.3 is 10.1 Å². The number of para-hydroxylation sites is 1. The van der Waals surface area contributed by atoms with E-state index in [-0.39, 0.29) is 5.91 Å².